The smallest absolute Gasteiger partial charge is 1.00 e. The van der Waals surface area contributed by atoms with E-state index in [1.807, 2.05) is 0 Å². The summed E-state index contributed by atoms with van der Waals surface area (Å²) in [5.74, 6) is -0.573. The summed E-state index contributed by atoms with van der Waals surface area (Å²) in [6.45, 7) is 11.9. The molecule has 0 aliphatic heterocycles. The average Bonchev–Trinajstić information content (AvgIpc) is 2.88. The largest absolute Gasteiger partial charge is 1.00 e. The van der Waals surface area contributed by atoms with E-state index in [2.05, 4.69) is 79.7 Å². The summed E-state index contributed by atoms with van der Waals surface area (Å²) < 4.78 is 5.76. The fourth-order valence-corrected chi connectivity index (χ4v) is 22.2. The number of allylic oxidation sites excluding steroid dienone is 4. The minimum Gasteiger partial charge on any atom is -1.00 e. The van der Waals surface area contributed by atoms with E-state index in [1.54, 1.807) is 3.33 Å². The van der Waals surface area contributed by atoms with Crippen LogP contribution in [-0.4, -0.2) is 5.98 Å². The Hall–Kier alpha value is 0.167. The number of benzene rings is 1. The van der Waals surface area contributed by atoms with Crippen LogP contribution in [0.4, 0.5) is 5.69 Å². The van der Waals surface area contributed by atoms with Crippen LogP contribution in [0.25, 0.3) is 0 Å². The summed E-state index contributed by atoms with van der Waals surface area (Å²) in [4.78, 5) is 0. The number of hydrogen-bond donors (Lipinski definition) is 1. The molecular weight excluding hydrogens is 496 g/mol. The van der Waals surface area contributed by atoms with E-state index in [4.69, 9.17) is 0 Å². The summed E-state index contributed by atoms with van der Waals surface area (Å²) in [5, 5.41) is 0. The van der Waals surface area contributed by atoms with Crippen molar-refractivity contribution in [2.75, 3.05) is 3.30 Å². The van der Waals surface area contributed by atoms with E-state index < -0.39 is 26.9 Å². The van der Waals surface area contributed by atoms with Crippen LogP contribution in [0.5, 0.6) is 0 Å². The second kappa shape index (κ2) is 9.46. The van der Waals surface area contributed by atoms with Gasteiger partial charge < -0.3 is 24.8 Å². The van der Waals surface area contributed by atoms with Crippen LogP contribution in [0.2, 0.25) is 13.1 Å². The Bertz CT molecular complexity index is 536. The number of nitrogens with one attached hydrogen (secondary N) is 1. The van der Waals surface area contributed by atoms with E-state index >= 15 is 0 Å². The molecule has 1 nitrogen and oxygen atoms in total. The molecule has 121 valence electrons. The van der Waals surface area contributed by atoms with Crippen molar-refractivity contribution in [1.82, 2.24) is 0 Å². The molecule has 0 amide bonds. The first-order valence-corrected chi connectivity index (χ1v) is 20.2. The molecule has 0 saturated heterocycles. The Morgan fingerprint density at radius 1 is 1.14 bits per heavy atom. The topological polar surface area (TPSA) is 12.0 Å². The standard InChI is InChI=1S/C10H14N.C5H5.C2H7Si.2ClH.Hf/c1-10(2,3)8-5-4-6-9(11)7-8;1-2-4-5-3-1;1-3-2;;;/h4-7,11H,1-3H3;1-3H,4H2;3H,1-2H3;2*1H;/q-1;;;;;+3/p-2. The van der Waals surface area contributed by atoms with Crippen molar-refractivity contribution in [2.45, 2.75) is 45.7 Å². The molecule has 1 aliphatic carbocycles. The van der Waals surface area contributed by atoms with Gasteiger partial charge >= 0.3 is 133 Å². The number of rotatable bonds is 4. The monoisotopic (exact) mass is 522 g/mol. The number of anilines is 1. The zero-order valence-electron chi connectivity index (χ0n) is 14.1. The first kappa shape index (κ1) is 22.2. The molecule has 1 N–H and O–H groups in total. The average molecular weight is 522 g/mol. The summed E-state index contributed by atoms with van der Waals surface area (Å²) in [7, 11) is 0. The molecule has 1 aromatic rings. The van der Waals surface area contributed by atoms with Crippen LogP contribution >= 0.6 is 0 Å². The number of hydrogen-bond acceptors (Lipinski definition) is 1. The Morgan fingerprint density at radius 2 is 1.82 bits per heavy atom. The molecular formula is C17H26Cl2HfNSi. The first-order valence-electron chi connectivity index (χ1n) is 7.48. The Morgan fingerprint density at radius 3 is 2.32 bits per heavy atom. The zero-order valence-corrected chi connectivity index (χ0v) is 20.3. The predicted octanol–water partition coefficient (Wildman–Crippen LogP) is -1.24. The second-order valence-corrected chi connectivity index (χ2v) is 32.5. The summed E-state index contributed by atoms with van der Waals surface area (Å²) in [5.41, 5.74) is 3.01. The molecule has 5 heteroatoms. The molecule has 0 bridgehead atoms. The van der Waals surface area contributed by atoms with Crippen molar-refractivity contribution >= 4 is 11.7 Å². The Kier molecular flexibility index (Phi) is 9.53. The van der Waals surface area contributed by atoms with Crippen molar-refractivity contribution in [1.29, 1.82) is 0 Å². The van der Waals surface area contributed by atoms with Gasteiger partial charge in [-0.1, -0.05) is 0 Å². The van der Waals surface area contributed by atoms with Crippen molar-refractivity contribution in [3.63, 3.8) is 0 Å². The third kappa shape index (κ3) is 5.99. The second-order valence-electron chi connectivity index (χ2n) is 6.85. The van der Waals surface area contributed by atoms with Gasteiger partial charge in [-0.25, -0.2) is 0 Å². The minimum atomic E-state index is -1.79. The molecule has 0 aromatic heterocycles. The molecule has 0 fully saturated rings. The molecule has 2 rings (SSSR count). The molecule has 0 spiro atoms. The molecule has 0 radical (unpaired) electrons. The maximum Gasteiger partial charge on any atom is -1.00 e. The summed E-state index contributed by atoms with van der Waals surface area (Å²) in [6, 6.07) is 9.07. The Balaban J connectivity index is 0.00000220. The molecule has 0 atom stereocenters. The molecule has 22 heavy (non-hydrogen) atoms. The fraction of sp³-hybridized carbons (Fsp3) is 0.412. The summed E-state index contributed by atoms with van der Waals surface area (Å²) in [6.07, 6.45) is 8.14. The van der Waals surface area contributed by atoms with Crippen molar-refractivity contribution < 1.29 is 45.7 Å². The summed E-state index contributed by atoms with van der Waals surface area (Å²) >= 11 is -1.79. The van der Waals surface area contributed by atoms with Crippen molar-refractivity contribution in [3.8, 4) is 0 Å². The van der Waals surface area contributed by atoms with Gasteiger partial charge in [0, 0.05) is 0 Å². The van der Waals surface area contributed by atoms with Gasteiger partial charge in [-0.3, -0.25) is 0 Å². The van der Waals surface area contributed by atoms with Gasteiger partial charge in [-0.15, -0.1) is 0 Å². The van der Waals surface area contributed by atoms with E-state index in [0.717, 1.165) is 0 Å². The molecule has 1 aliphatic rings. The third-order valence-electron chi connectivity index (χ3n) is 3.70. The Labute approximate surface area is 157 Å². The maximum atomic E-state index is 4.00. The molecule has 1 aromatic carbocycles. The quantitative estimate of drug-likeness (QED) is 0.489. The van der Waals surface area contributed by atoms with Crippen LogP contribution in [0.3, 0.4) is 0 Å². The van der Waals surface area contributed by atoms with Gasteiger partial charge in [0.25, 0.3) is 0 Å². The number of halogens is 2. The van der Waals surface area contributed by atoms with E-state index in [0.29, 0.717) is 0 Å². The van der Waals surface area contributed by atoms with Gasteiger partial charge in [-0.2, -0.15) is 0 Å². The van der Waals surface area contributed by atoms with E-state index in [-0.39, 0.29) is 30.2 Å². The van der Waals surface area contributed by atoms with Crippen molar-refractivity contribution in [2.24, 2.45) is 0 Å². The third-order valence-corrected chi connectivity index (χ3v) is 27.3. The normalized spacial score (nSPS) is 13.3. The maximum absolute atomic E-state index is 4.00. The van der Waals surface area contributed by atoms with Gasteiger partial charge in [0.2, 0.25) is 0 Å². The molecule has 0 heterocycles. The first-order chi connectivity index (χ1) is 9.38. The van der Waals surface area contributed by atoms with Crippen LogP contribution in [-0.2, 0) is 26.3 Å². The van der Waals surface area contributed by atoms with Crippen LogP contribution < -0.4 is 28.1 Å². The van der Waals surface area contributed by atoms with Gasteiger partial charge in [0.1, 0.15) is 0 Å². The SMILES string of the molecule is C[SiH](C)[Hf+2]([NH]c1cccc(C(C)(C)C)c1)[C]1=CC=CC1.[Cl-].[Cl-]. The fourth-order valence-electron chi connectivity index (χ4n) is 2.46. The predicted molar refractivity (Wildman–Crippen MR) is 89.5 cm³/mol. The van der Waals surface area contributed by atoms with Gasteiger partial charge in [0.15, 0.2) is 0 Å². The van der Waals surface area contributed by atoms with Gasteiger partial charge in [-0.05, 0) is 0 Å². The zero-order chi connectivity index (χ0) is 14.8. The van der Waals surface area contributed by atoms with Crippen molar-refractivity contribution in [3.05, 3.63) is 51.4 Å². The van der Waals surface area contributed by atoms with Gasteiger partial charge in [0.05, 0.1) is 0 Å². The van der Waals surface area contributed by atoms with Crippen LogP contribution in [0, 0.1) is 0 Å². The van der Waals surface area contributed by atoms with Crippen LogP contribution in [0.15, 0.2) is 45.8 Å². The van der Waals surface area contributed by atoms with E-state index in [9.17, 15) is 0 Å². The van der Waals surface area contributed by atoms with Crippen LogP contribution in [0.1, 0.15) is 32.8 Å². The van der Waals surface area contributed by atoms with E-state index in [1.165, 1.54) is 17.7 Å². The molecule has 0 saturated carbocycles. The molecule has 0 unspecified atom stereocenters. The minimum absolute atomic E-state index is 0.